The fourth-order valence-corrected chi connectivity index (χ4v) is 3.32. The minimum atomic E-state index is -3.80. The van der Waals surface area contributed by atoms with Gasteiger partial charge in [-0.25, -0.2) is 0 Å². The lowest BCUT2D eigenvalue weighted by molar-refractivity contribution is 0.0964. The third-order valence-electron chi connectivity index (χ3n) is 2.82. The molecule has 3 atom stereocenters. The van der Waals surface area contributed by atoms with E-state index in [2.05, 4.69) is 6.92 Å². The van der Waals surface area contributed by atoms with Gasteiger partial charge in [0, 0.05) is 0 Å². The van der Waals surface area contributed by atoms with Crippen molar-refractivity contribution in [3.05, 3.63) is 0 Å². The molecule has 1 saturated carbocycles. The van der Waals surface area contributed by atoms with Crippen LogP contribution in [0.5, 0.6) is 0 Å². The Morgan fingerprint density at radius 2 is 2.07 bits per heavy atom. The van der Waals surface area contributed by atoms with Crippen molar-refractivity contribution in [2.45, 2.75) is 52.1 Å². The van der Waals surface area contributed by atoms with E-state index in [0.29, 0.717) is 12.3 Å². The van der Waals surface area contributed by atoms with Gasteiger partial charge in [-0.1, -0.05) is 26.7 Å². The molecule has 0 aromatic carbocycles. The molecule has 0 N–H and O–H groups in total. The molecule has 0 saturated heterocycles. The van der Waals surface area contributed by atoms with Gasteiger partial charge in [-0.2, -0.15) is 4.20 Å². The Labute approximate surface area is 85.8 Å². The number of rotatable bonds is 4. The first-order chi connectivity index (χ1) is 6.55. The predicted molar refractivity (Wildman–Crippen MR) is 56.4 cm³/mol. The van der Waals surface area contributed by atoms with Crippen molar-refractivity contribution in [1.29, 1.82) is 0 Å². The van der Waals surface area contributed by atoms with Crippen molar-refractivity contribution in [2.75, 3.05) is 6.16 Å². The van der Waals surface area contributed by atoms with E-state index in [0.717, 1.165) is 19.3 Å². The van der Waals surface area contributed by atoms with Crippen LogP contribution in [0.25, 0.3) is 0 Å². The standard InChI is InChI=1S/C10H20FO2P/c1-3-8-14(11,12)13-10-7-5-4-6-9(10)2/h9-10H,3-8H2,1-2H3. The van der Waals surface area contributed by atoms with Crippen molar-refractivity contribution in [1.82, 2.24) is 0 Å². The van der Waals surface area contributed by atoms with Crippen LogP contribution in [0.1, 0.15) is 46.0 Å². The van der Waals surface area contributed by atoms with Crippen LogP contribution in [-0.2, 0) is 9.09 Å². The smallest absolute Gasteiger partial charge is 0.302 e. The number of hydrogen-bond donors (Lipinski definition) is 0. The van der Waals surface area contributed by atoms with Gasteiger partial charge in [-0.15, -0.1) is 0 Å². The van der Waals surface area contributed by atoms with Crippen molar-refractivity contribution in [3.8, 4) is 0 Å². The highest BCUT2D eigenvalue weighted by atomic mass is 31.2. The second kappa shape index (κ2) is 5.27. The van der Waals surface area contributed by atoms with E-state index >= 15 is 0 Å². The minimum Gasteiger partial charge on any atom is -0.302 e. The molecule has 0 heterocycles. The van der Waals surface area contributed by atoms with E-state index in [9.17, 15) is 8.76 Å². The Balaban J connectivity index is 2.45. The normalized spacial score (nSPS) is 32.5. The fourth-order valence-electron chi connectivity index (χ4n) is 1.96. The molecule has 0 spiro atoms. The van der Waals surface area contributed by atoms with Crippen molar-refractivity contribution in [2.24, 2.45) is 5.92 Å². The summed E-state index contributed by atoms with van der Waals surface area (Å²) < 4.78 is 29.8. The molecule has 0 aliphatic heterocycles. The van der Waals surface area contributed by atoms with Crippen LogP contribution in [0.2, 0.25) is 0 Å². The third-order valence-corrected chi connectivity index (χ3v) is 4.38. The van der Waals surface area contributed by atoms with E-state index in [1.807, 2.05) is 6.92 Å². The summed E-state index contributed by atoms with van der Waals surface area (Å²) in [4.78, 5) is 0. The molecule has 84 valence electrons. The van der Waals surface area contributed by atoms with Gasteiger partial charge in [0.25, 0.3) is 0 Å². The SMILES string of the molecule is CCCP(=O)(F)OC1CCCCC1C. The van der Waals surface area contributed by atoms with Crippen LogP contribution in [0.4, 0.5) is 4.20 Å². The molecule has 1 aliphatic rings. The summed E-state index contributed by atoms with van der Waals surface area (Å²) in [5.74, 6) is 0.352. The van der Waals surface area contributed by atoms with E-state index < -0.39 is 7.68 Å². The van der Waals surface area contributed by atoms with Crippen LogP contribution < -0.4 is 0 Å². The zero-order valence-corrected chi connectivity index (χ0v) is 9.93. The maximum atomic E-state index is 13.4. The van der Waals surface area contributed by atoms with E-state index in [4.69, 9.17) is 4.52 Å². The summed E-state index contributed by atoms with van der Waals surface area (Å²) in [7, 11) is -3.80. The predicted octanol–water partition coefficient (Wildman–Crippen LogP) is 4.15. The van der Waals surface area contributed by atoms with E-state index in [1.165, 1.54) is 6.42 Å². The molecule has 0 aromatic rings. The summed E-state index contributed by atoms with van der Waals surface area (Å²) in [5.41, 5.74) is 0. The molecule has 14 heavy (non-hydrogen) atoms. The van der Waals surface area contributed by atoms with E-state index in [-0.39, 0.29) is 12.3 Å². The summed E-state index contributed by atoms with van der Waals surface area (Å²) in [5, 5.41) is 0. The number of halogens is 1. The van der Waals surface area contributed by atoms with Gasteiger partial charge >= 0.3 is 7.68 Å². The van der Waals surface area contributed by atoms with Gasteiger partial charge < -0.3 is 4.52 Å². The zero-order chi connectivity index (χ0) is 10.6. The number of hydrogen-bond acceptors (Lipinski definition) is 2. The Bertz CT molecular complexity index is 220. The average Bonchev–Trinajstić information content (AvgIpc) is 2.08. The average molecular weight is 222 g/mol. The lowest BCUT2D eigenvalue weighted by atomic mass is 9.88. The lowest BCUT2D eigenvalue weighted by Crippen LogP contribution is -2.24. The lowest BCUT2D eigenvalue weighted by Gasteiger charge is -2.29. The molecular weight excluding hydrogens is 202 g/mol. The van der Waals surface area contributed by atoms with Crippen LogP contribution in [-0.4, -0.2) is 12.3 Å². The topological polar surface area (TPSA) is 26.3 Å². The monoisotopic (exact) mass is 222 g/mol. The highest BCUT2D eigenvalue weighted by Gasteiger charge is 2.30. The first kappa shape index (κ1) is 12.2. The first-order valence-corrected chi connectivity index (χ1v) is 7.22. The van der Waals surface area contributed by atoms with E-state index in [1.54, 1.807) is 0 Å². The maximum Gasteiger partial charge on any atom is 0.367 e. The largest absolute Gasteiger partial charge is 0.367 e. The fraction of sp³-hybridized carbons (Fsp3) is 1.00. The Kier molecular flexibility index (Phi) is 4.59. The molecule has 0 radical (unpaired) electrons. The first-order valence-electron chi connectivity index (χ1n) is 5.52. The van der Waals surface area contributed by atoms with Crippen LogP contribution >= 0.6 is 7.68 Å². The van der Waals surface area contributed by atoms with Gasteiger partial charge in [-0.05, 0) is 25.2 Å². The molecule has 0 aromatic heterocycles. The minimum absolute atomic E-state index is 0.0657. The van der Waals surface area contributed by atoms with Crippen molar-refractivity contribution in [3.63, 3.8) is 0 Å². The van der Waals surface area contributed by atoms with Crippen LogP contribution in [0, 0.1) is 5.92 Å². The molecular formula is C10H20FO2P. The third kappa shape index (κ3) is 3.70. The second-order valence-corrected chi connectivity index (χ2v) is 6.06. The molecule has 1 rings (SSSR count). The molecule has 0 amide bonds. The van der Waals surface area contributed by atoms with Crippen LogP contribution in [0.3, 0.4) is 0 Å². The quantitative estimate of drug-likeness (QED) is 0.668. The van der Waals surface area contributed by atoms with Gasteiger partial charge in [0.05, 0.1) is 12.3 Å². The van der Waals surface area contributed by atoms with Crippen molar-refractivity contribution < 1.29 is 13.3 Å². The second-order valence-electron chi connectivity index (χ2n) is 4.22. The Hall–Kier alpha value is 0.120. The summed E-state index contributed by atoms with van der Waals surface area (Å²) in [6.45, 7) is 3.87. The summed E-state index contributed by atoms with van der Waals surface area (Å²) >= 11 is 0. The van der Waals surface area contributed by atoms with Gasteiger partial charge in [0.1, 0.15) is 0 Å². The summed E-state index contributed by atoms with van der Waals surface area (Å²) in [6.07, 6.45) is 4.71. The van der Waals surface area contributed by atoms with Gasteiger partial charge in [-0.3, -0.25) is 4.57 Å². The molecule has 4 heteroatoms. The Morgan fingerprint density at radius 1 is 1.43 bits per heavy atom. The molecule has 1 aliphatic carbocycles. The maximum absolute atomic E-state index is 13.4. The molecule has 1 fully saturated rings. The molecule has 0 bridgehead atoms. The Morgan fingerprint density at radius 3 is 2.64 bits per heavy atom. The highest BCUT2D eigenvalue weighted by molar-refractivity contribution is 7.53. The molecule has 3 unspecified atom stereocenters. The van der Waals surface area contributed by atoms with Crippen LogP contribution in [0.15, 0.2) is 0 Å². The summed E-state index contributed by atoms with van der Waals surface area (Å²) in [6, 6.07) is 0. The molecule has 2 nitrogen and oxygen atoms in total. The zero-order valence-electron chi connectivity index (χ0n) is 9.04. The van der Waals surface area contributed by atoms with Gasteiger partial charge in [0.15, 0.2) is 0 Å². The highest BCUT2D eigenvalue weighted by Crippen LogP contribution is 2.52. The van der Waals surface area contributed by atoms with Crippen molar-refractivity contribution >= 4 is 7.68 Å². The van der Waals surface area contributed by atoms with Gasteiger partial charge in [0.2, 0.25) is 0 Å².